The zero-order valence-corrected chi connectivity index (χ0v) is 15.8. The second-order valence-electron chi connectivity index (χ2n) is 7.74. The predicted octanol–water partition coefficient (Wildman–Crippen LogP) is 5.34. The molecule has 4 nitrogen and oxygen atoms in total. The van der Waals surface area contributed by atoms with Crippen molar-refractivity contribution in [3.63, 3.8) is 0 Å². The second-order valence-corrected chi connectivity index (χ2v) is 8.62. The first-order chi connectivity index (χ1) is 11.2. The van der Waals surface area contributed by atoms with Gasteiger partial charge >= 0.3 is 6.09 Å². The van der Waals surface area contributed by atoms with Gasteiger partial charge in [0, 0.05) is 33.9 Å². The Kier molecular flexibility index (Phi) is 4.89. The van der Waals surface area contributed by atoms with Gasteiger partial charge in [0.1, 0.15) is 5.60 Å². The predicted molar refractivity (Wildman–Crippen MR) is 98.0 cm³/mol. The van der Waals surface area contributed by atoms with E-state index in [2.05, 4.69) is 5.32 Å². The lowest BCUT2D eigenvalue weighted by Crippen LogP contribution is -2.51. The number of hydrogen-bond acceptors (Lipinski definition) is 3. The van der Waals surface area contributed by atoms with Crippen LogP contribution in [0.1, 0.15) is 46.5 Å². The number of piperidine rings is 1. The fourth-order valence-corrected chi connectivity index (χ4v) is 4.31. The molecule has 2 heterocycles. The van der Waals surface area contributed by atoms with Crippen molar-refractivity contribution in [3.05, 3.63) is 28.2 Å². The molecule has 0 aliphatic carbocycles. The van der Waals surface area contributed by atoms with E-state index in [9.17, 15) is 4.79 Å². The van der Waals surface area contributed by atoms with E-state index >= 15 is 0 Å². The molecule has 2 aliphatic rings. The monoisotopic (exact) mass is 370 g/mol. The Morgan fingerprint density at radius 3 is 2.17 bits per heavy atom. The molecule has 0 radical (unpaired) electrons. The Morgan fingerprint density at radius 2 is 1.67 bits per heavy atom. The average molecular weight is 371 g/mol. The van der Waals surface area contributed by atoms with E-state index in [4.69, 9.17) is 27.9 Å². The van der Waals surface area contributed by atoms with E-state index in [0.717, 1.165) is 31.4 Å². The Balaban J connectivity index is 1.65. The molecule has 3 rings (SSSR count). The van der Waals surface area contributed by atoms with Gasteiger partial charge in [-0.2, -0.15) is 0 Å². The normalized spacial score (nSPS) is 26.4. The molecule has 6 heteroatoms. The van der Waals surface area contributed by atoms with Crippen LogP contribution in [0.15, 0.2) is 18.2 Å². The molecule has 2 aliphatic heterocycles. The summed E-state index contributed by atoms with van der Waals surface area (Å²) in [6.45, 7) is 5.72. The largest absolute Gasteiger partial charge is 0.444 e. The van der Waals surface area contributed by atoms with Crippen molar-refractivity contribution >= 4 is 35.0 Å². The lowest BCUT2D eigenvalue weighted by molar-refractivity contribution is 0.00684. The summed E-state index contributed by atoms with van der Waals surface area (Å²) in [6.07, 6.45) is 3.73. The quantitative estimate of drug-likeness (QED) is 0.763. The highest BCUT2D eigenvalue weighted by molar-refractivity contribution is 6.35. The van der Waals surface area contributed by atoms with Gasteiger partial charge in [-0.25, -0.2) is 4.79 Å². The molecule has 2 unspecified atom stereocenters. The first kappa shape index (κ1) is 17.7. The van der Waals surface area contributed by atoms with Crippen molar-refractivity contribution < 1.29 is 9.53 Å². The summed E-state index contributed by atoms with van der Waals surface area (Å²) >= 11 is 12.1. The van der Waals surface area contributed by atoms with Crippen LogP contribution in [0.5, 0.6) is 0 Å². The van der Waals surface area contributed by atoms with E-state index in [0.29, 0.717) is 16.1 Å². The third kappa shape index (κ3) is 4.09. The number of benzene rings is 1. The Labute approximate surface area is 153 Å². The van der Waals surface area contributed by atoms with Gasteiger partial charge < -0.3 is 15.0 Å². The summed E-state index contributed by atoms with van der Waals surface area (Å²) in [4.78, 5) is 14.4. The number of anilines is 1. The fraction of sp³-hybridized carbons (Fsp3) is 0.611. The SMILES string of the molecule is CC(C)(C)OC(=O)N1C2CCC1CC(Nc1cc(Cl)cc(Cl)c1)C2. The van der Waals surface area contributed by atoms with Gasteiger partial charge in [-0.15, -0.1) is 0 Å². The third-order valence-electron chi connectivity index (χ3n) is 4.57. The van der Waals surface area contributed by atoms with E-state index in [1.807, 2.05) is 37.8 Å². The highest BCUT2D eigenvalue weighted by Gasteiger charge is 2.44. The van der Waals surface area contributed by atoms with Gasteiger partial charge in [0.25, 0.3) is 0 Å². The summed E-state index contributed by atoms with van der Waals surface area (Å²) in [5.74, 6) is 0. The van der Waals surface area contributed by atoms with Crippen LogP contribution in [0, 0.1) is 0 Å². The van der Waals surface area contributed by atoms with Crippen LogP contribution in [-0.4, -0.2) is 34.7 Å². The minimum absolute atomic E-state index is 0.181. The molecule has 1 N–H and O–H groups in total. The first-order valence-corrected chi connectivity index (χ1v) is 9.21. The molecule has 2 bridgehead atoms. The number of amides is 1. The molecule has 1 aromatic rings. The highest BCUT2D eigenvalue weighted by Crippen LogP contribution is 2.38. The van der Waals surface area contributed by atoms with E-state index < -0.39 is 5.60 Å². The molecule has 132 valence electrons. The Hall–Kier alpha value is -1.13. The molecule has 0 saturated carbocycles. The van der Waals surface area contributed by atoms with E-state index in [1.54, 1.807) is 6.07 Å². The highest BCUT2D eigenvalue weighted by atomic mass is 35.5. The molecular formula is C18H24Cl2N2O2. The zero-order chi connectivity index (χ0) is 17.5. The second kappa shape index (κ2) is 6.64. The van der Waals surface area contributed by atoms with Crippen molar-refractivity contribution in [3.8, 4) is 0 Å². The van der Waals surface area contributed by atoms with Gasteiger partial charge in [0.05, 0.1) is 0 Å². The van der Waals surface area contributed by atoms with Gasteiger partial charge in [0.15, 0.2) is 0 Å². The van der Waals surface area contributed by atoms with E-state index in [-0.39, 0.29) is 18.2 Å². The van der Waals surface area contributed by atoms with Crippen LogP contribution in [-0.2, 0) is 4.74 Å². The third-order valence-corrected chi connectivity index (χ3v) is 5.01. The smallest absolute Gasteiger partial charge is 0.410 e. The molecule has 2 atom stereocenters. The van der Waals surface area contributed by atoms with Gasteiger partial charge in [-0.3, -0.25) is 0 Å². The maximum atomic E-state index is 12.5. The minimum Gasteiger partial charge on any atom is -0.444 e. The number of nitrogens with zero attached hydrogens (tertiary/aromatic N) is 1. The van der Waals surface area contributed by atoms with Crippen LogP contribution in [0.25, 0.3) is 0 Å². The van der Waals surface area contributed by atoms with Crippen molar-refractivity contribution in [2.75, 3.05) is 5.32 Å². The molecular weight excluding hydrogens is 347 g/mol. The number of rotatable bonds is 2. The minimum atomic E-state index is -0.455. The van der Waals surface area contributed by atoms with Crippen molar-refractivity contribution in [1.29, 1.82) is 0 Å². The Bertz CT molecular complexity index is 596. The first-order valence-electron chi connectivity index (χ1n) is 8.45. The number of hydrogen-bond donors (Lipinski definition) is 1. The maximum absolute atomic E-state index is 12.5. The number of carbonyl (C=O) groups is 1. The summed E-state index contributed by atoms with van der Waals surface area (Å²) in [6, 6.07) is 6.29. The van der Waals surface area contributed by atoms with Crippen molar-refractivity contribution in [1.82, 2.24) is 4.90 Å². The van der Waals surface area contributed by atoms with Crippen LogP contribution >= 0.6 is 23.2 Å². The Morgan fingerprint density at radius 1 is 1.12 bits per heavy atom. The molecule has 1 aromatic carbocycles. The molecule has 24 heavy (non-hydrogen) atoms. The summed E-state index contributed by atoms with van der Waals surface area (Å²) < 4.78 is 5.57. The molecule has 0 spiro atoms. The van der Waals surface area contributed by atoms with Gasteiger partial charge in [-0.05, 0) is 64.7 Å². The average Bonchev–Trinajstić information content (AvgIpc) is 2.68. The standard InChI is InChI=1S/C18H24Cl2N2O2/c1-18(2,3)24-17(23)22-15-4-5-16(22)10-14(9-15)21-13-7-11(19)6-12(20)8-13/h6-8,14-16,21H,4-5,9-10H2,1-3H3. The number of nitrogens with one attached hydrogen (secondary N) is 1. The maximum Gasteiger partial charge on any atom is 0.410 e. The molecule has 0 aromatic heterocycles. The van der Waals surface area contributed by atoms with Gasteiger partial charge in [-0.1, -0.05) is 23.2 Å². The van der Waals surface area contributed by atoms with Crippen LogP contribution in [0.4, 0.5) is 10.5 Å². The topological polar surface area (TPSA) is 41.6 Å². The summed E-state index contributed by atoms with van der Waals surface area (Å²) in [5.41, 5.74) is 0.478. The lowest BCUT2D eigenvalue weighted by Gasteiger charge is -2.40. The zero-order valence-electron chi connectivity index (χ0n) is 14.3. The molecule has 2 saturated heterocycles. The van der Waals surface area contributed by atoms with Crippen LogP contribution < -0.4 is 5.32 Å². The lowest BCUT2D eigenvalue weighted by atomic mass is 9.97. The number of fused-ring (bicyclic) bond motifs is 2. The van der Waals surface area contributed by atoms with Crippen LogP contribution in [0.3, 0.4) is 0 Å². The summed E-state index contributed by atoms with van der Waals surface area (Å²) in [5, 5.41) is 4.77. The van der Waals surface area contributed by atoms with Gasteiger partial charge in [0.2, 0.25) is 0 Å². The van der Waals surface area contributed by atoms with Crippen molar-refractivity contribution in [2.45, 2.75) is 70.2 Å². The number of ether oxygens (including phenoxy) is 1. The van der Waals surface area contributed by atoms with Crippen LogP contribution in [0.2, 0.25) is 10.0 Å². The molecule has 2 fully saturated rings. The molecule has 1 amide bonds. The van der Waals surface area contributed by atoms with Crippen molar-refractivity contribution in [2.24, 2.45) is 0 Å². The number of halogens is 2. The summed E-state index contributed by atoms with van der Waals surface area (Å²) in [7, 11) is 0. The van der Waals surface area contributed by atoms with E-state index in [1.165, 1.54) is 0 Å². The fourth-order valence-electron chi connectivity index (χ4n) is 3.78. The number of carbonyl (C=O) groups excluding carboxylic acids is 1.